The SMILES string of the molecule is C(/C=C/OC1CCCCC1c1ccccc1)=C\OC1CCCCC1c1ccccc1. The predicted octanol–water partition coefficient (Wildman–Crippen LogP) is 7.50. The summed E-state index contributed by atoms with van der Waals surface area (Å²) < 4.78 is 12.3. The number of rotatable bonds is 7. The first kappa shape index (κ1) is 20.8. The number of hydrogen-bond donors (Lipinski definition) is 0. The van der Waals surface area contributed by atoms with E-state index >= 15 is 0 Å². The molecule has 2 aliphatic rings. The Morgan fingerprint density at radius 3 is 1.37 bits per heavy atom. The molecule has 0 bridgehead atoms. The van der Waals surface area contributed by atoms with Gasteiger partial charge in [-0.2, -0.15) is 0 Å². The van der Waals surface area contributed by atoms with Crippen LogP contribution in [0.5, 0.6) is 0 Å². The lowest BCUT2D eigenvalue weighted by molar-refractivity contribution is 0.0827. The van der Waals surface area contributed by atoms with Gasteiger partial charge in [-0.15, -0.1) is 0 Å². The summed E-state index contributed by atoms with van der Waals surface area (Å²) in [6.45, 7) is 0. The maximum absolute atomic E-state index is 6.15. The van der Waals surface area contributed by atoms with Crippen LogP contribution in [0.3, 0.4) is 0 Å². The second-order valence-corrected chi connectivity index (χ2v) is 8.61. The maximum Gasteiger partial charge on any atom is 0.105 e. The van der Waals surface area contributed by atoms with Crippen LogP contribution in [0.4, 0.5) is 0 Å². The van der Waals surface area contributed by atoms with Crippen molar-refractivity contribution in [3.8, 4) is 0 Å². The minimum Gasteiger partial charge on any atom is -0.497 e. The van der Waals surface area contributed by atoms with Crippen molar-refractivity contribution >= 4 is 0 Å². The van der Waals surface area contributed by atoms with Crippen molar-refractivity contribution in [1.82, 2.24) is 0 Å². The van der Waals surface area contributed by atoms with Gasteiger partial charge in [-0.05, 0) is 61.8 Å². The summed E-state index contributed by atoms with van der Waals surface area (Å²) in [5.74, 6) is 0.998. The highest BCUT2D eigenvalue weighted by atomic mass is 16.5. The molecule has 2 aromatic rings. The van der Waals surface area contributed by atoms with E-state index in [9.17, 15) is 0 Å². The Hall–Kier alpha value is -2.48. The van der Waals surface area contributed by atoms with Gasteiger partial charge in [-0.3, -0.25) is 0 Å². The van der Waals surface area contributed by atoms with Crippen LogP contribution in [0.2, 0.25) is 0 Å². The van der Waals surface area contributed by atoms with Gasteiger partial charge in [-0.25, -0.2) is 0 Å². The Labute approximate surface area is 181 Å². The van der Waals surface area contributed by atoms with Gasteiger partial charge in [0, 0.05) is 11.8 Å². The smallest absolute Gasteiger partial charge is 0.105 e. The molecule has 158 valence electrons. The quantitative estimate of drug-likeness (QED) is 0.352. The van der Waals surface area contributed by atoms with E-state index in [0.717, 1.165) is 12.8 Å². The van der Waals surface area contributed by atoms with Crippen LogP contribution in [0.1, 0.15) is 74.3 Å². The van der Waals surface area contributed by atoms with Gasteiger partial charge < -0.3 is 9.47 Å². The van der Waals surface area contributed by atoms with Crippen molar-refractivity contribution in [2.45, 2.75) is 75.4 Å². The zero-order valence-corrected chi connectivity index (χ0v) is 17.9. The summed E-state index contributed by atoms with van der Waals surface area (Å²) in [7, 11) is 0. The van der Waals surface area contributed by atoms with Gasteiger partial charge in [-0.1, -0.05) is 73.5 Å². The number of hydrogen-bond acceptors (Lipinski definition) is 2. The molecule has 0 spiro atoms. The largest absolute Gasteiger partial charge is 0.497 e. The standard InChI is InChI=1S/C28H34O2/c1-3-13-23(14-4-1)25-17-7-9-19-27(25)29-21-11-12-22-30-28-20-10-8-18-26(28)24-15-5-2-6-16-24/h1-6,11-16,21-22,25-28H,7-10,17-20H2/b21-11+,22-12+. The highest BCUT2D eigenvalue weighted by molar-refractivity contribution is 5.22. The van der Waals surface area contributed by atoms with Crippen molar-refractivity contribution in [2.75, 3.05) is 0 Å². The lowest BCUT2D eigenvalue weighted by Crippen LogP contribution is -2.24. The Morgan fingerprint density at radius 2 is 0.933 bits per heavy atom. The lowest BCUT2D eigenvalue weighted by Gasteiger charge is -2.31. The fourth-order valence-corrected chi connectivity index (χ4v) is 5.07. The monoisotopic (exact) mass is 402 g/mol. The summed E-state index contributed by atoms with van der Waals surface area (Å²) in [6.07, 6.45) is 18.0. The van der Waals surface area contributed by atoms with Crippen LogP contribution < -0.4 is 0 Å². The highest BCUT2D eigenvalue weighted by Gasteiger charge is 2.28. The van der Waals surface area contributed by atoms with Gasteiger partial charge in [0.2, 0.25) is 0 Å². The van der Waals surface area contributed by atoms with E-state index in [1.807, 2.05) is 24.7 Å². The van der Waals surface area contributed by atoms with Gasteiger partial charge in [0.15, 0.2) is 0 Å². The molecule has 4 rings (SSSR count). The molecule has 0 heterocycles. The maximum atomic E-state index is 6.15. The summed E-state index contributed by atoms with van der Waals surface area (Å²) >= 11 is 0. The van der Waals surface area contributed by atoms with E-state index in [-0.39, 0.29) is 12.2 Å². The van der Waals surface area contributed by atoms with Gasteiger partial charge >= 0.3 is 0 Å². The third kappa shape index (κ3) is 5.56. The van der Waals surface area contributed by atoms with Crippen molar-refractivity contribution in [2.24, 2.45) is 0 Å². The lowest BCUT2D eigenvalue weighted by atomic mass is 9.81. The number of ether oxygens (including phenoxy) is 2. The zero-order chi connectivity index (χ0) is 20.4. The third-order valence-electron chi connectivity index (χ3n) is 6.64. The first-order chi connectivity index (χ1) is 14.9. The second-order valence-electron chi connectivity index (χ2n) is 8.61. The molecule has 0 amide bonds. The Balaban J connectivity index is 1.28. The Morgan fingerprint density at radius 1 is 0.533 bits per heavy atom. The molecule has 0 N–H and O–H groups in total. The van der Waals surface area contributed by atoms with Crippen LogP contribution in [0.25, 0.3) is 0 Å². The predicted molar refractivity (Wildman–Crippen MR) is 123 cm³/mol. The van der Waals surface area contributed by atoms with Crippen molar-refractivity contribution in [3.05, 3.63) is 96.5 Å². The molecule has 2 aromatic carbocycles. The highest BCUT2D eigenvalue weighted by Crippen LogP contribution is 2.36. The minimum atomic E-state index is 0.271. The van der Waals surface area contributed by atoms with Crippen LogP contribution in [0, 0.1) is 0 Å². The summed E-state index contributed by atoms with van der Waals surface area (Å²) in [6, 6.07) is 21.6. The molecule has 4 atom stereocenters. The van der Waals surface area contributed by atoms with Gasteiger partial charge in [0.05, 0.1) is 12.5 Å². The average molecular weight is 403 g/mol. The third-order valence-corrected chi connectivity index (χ3v) is 6.64. The molecule has 0 aromatic heterocycles. The van der Waals surface area contributed by atoms with Gasteiger partial charge in [0.1, 0.15) is 12.2 Å². The number of benzene rings is 2. The molecule has 2 aliphatic carbocycles. The Kier molecular flexibility index (Phi) is 7.66. The number of allylic oxidation sites excluding steroid dienone is 2. The fraction of sp³-hybridized carbons (Fsp3) is 0.429. The normalized spacial score (nSPS) is 27.3. The van der Waals surface area contributed by atoms with E-state index in [4.69, 9.17) is 9.47 Å². The van der Waals surface area contributed by atoms with Crippen LogP contribution in [0.15, 0.2) is 85.3 Å². The molecular formula is C28H34O2. The van der Waals surface area contributed by atoms with E-state index in [1.54, 1.807) is 0 Å². The first-order valence-electron chi connectivity index (χ1n) is 11.6. The van der Waals surface area contributed by atoms with Crippen molar-refractivity contribution in [3.63, 3.8) is 0 Å². The molecule has 0 aliphatic heterocycles. The molecule has 2 nitrogen and oxygen atoms in total. The first-order valence-corrected chi connectivity index (χ1v) is 11.6. The molecule has 2 fully saturated rings. The minimum absolute atomic E-state index is 0.271. The average Bonchev–Trinajstić information content (AvgIpc) is 2.83. The second kappa shape index (κ2) is 11.1. The van der Waals surface area contributed by atoms with Crippen LogP contribution in [-0.2, 0) is 9.47 Å². The van der Waals surface area contributed by atoms with Crippen molar-refractivity contribution in [1.29, 1.82) is 0 Å². The van der Waals surface area contributed by atoms with Crippen LogP contribution in [-0.4, -0.2) is 12.2 Å². The molecule has 0 saturated heterocycles. The topological polar surface area (TPSA) is 18.5 Å². The summed E-state index contributed by atoms with van der Waals surface area (Å²) in [4.78, 5) is 0. The summed E-state index contributed by atoms with van der Waals surface area (Å²) in [5, 5.41) is 0. The molecule has 2 saturated carbocycles. The zero-order valence-electron chi connectivity index (χ0n) is 17.9. The fourth-order valence-electron chi connectivity index (χ4n) is 5.07. The van der Waals surface area contributed by atoms with Gasteiger partial charge in [0.25, 0.3) is 0 Å². The Bertz CT molecular complexity index is 726. The van der Waals surface area contributed by atoms with E-state index in [1.165, 1.54) is 49.7 Å². The van der Waals surface area contributed by atoms with Crippen molar-refractivity contribution < 1.29 is 9.47 Å². The van der Waals surface area contributed by atoms with E-state index in [0.29, 0.717) is 11.8 Å². The molecule has 30 heavy (non-hydrogen) atoms. The molecule has 0 radical (unpaired) electrons. The van der Waals surface area contributed by atoms with Crippen LogP contribution >= 0.6 is 0 Å². The molecule has 4 unspecified atom stereocenters. The van der Waals surface area contributed by atoms with E-state index in [2.05, 4.69) is 60.7 Å². The van der Waals surface area contributed by atoms with E-state index < -0.39 is 0 Å². The summed E-state index contributed by atoms with van der Waals surface area (Å²) in [5.41, 5.74) is 2.80. The molecule has 2 heteroatoms. The molecular weight excluding hydrogens is 368 g/mol.